The molecule has 2 heterocycles. The molecule has 3 nitrogen and oxygen atoms in total. The van der Waals surface area contributed by atoms with Crippen molar-refractivity contribution in [1.29, 1.82) is 5.26 Å². The third-order valence-electron chi connectivity index (χ3n) is 3.89. The van der Waals surface area contributed by atoms with E-state index in [0.717, 1.165) is 26.1 Å². The first kappa shape index (κ1) is 10.9. The van der Waals surface area contributed by atoms with Crippen molar-refractivity contribution in [1.82, 2.24) is 4.90 Å². The van der Waals surface area contributed by atoms with Crippen molar-refractivity contribution in [2.24, 2.45) is 0 Å². The smallest absolute Gasteiger partial charge is 0.137 e. The Bertz CT molecular complexity index is 253. The summed E-state index contributed by atoms with van der Waals surface area (Å²) < 4.78 is 5.59. The minimum absolute atomic E-state index is 0.0700. The molecular weight excluding hydrogens is 188 g/mol. The monoisotopic (exact) mass is 208 g/mol. The molecule has 0 aromatic rings. The van der Waals surface area contributed by atoms with Crippen molar-refractivity contribution in [3.05, 3.63) is 0 Å². The second-order valence-electron chi connectivity index (χ2n) is 4.70. The molecule has 15 heavy (non-hydrogen) atoms. The SMILES string of the molecule is CC1OCCC1(C#N)N1CCCCCC1. The van der Waals surface area contributed by atoms with Crippen LogP contribution in [0.25, 0.3) is 0 Å². The Balaban J connectivity index is 2.14. The summed E-state index contributed by atoms with van der Waals surface area (Å²) in [6, 6.07) is 2.53. The molecule has 3 heteroatoms. The van der Waals surface area contributed by atoms with Gasteiger partial charge in [-0.1, -0.05) is 12.8 Å². The summed E-state index contributed by atoms with van der Waals surface area (Å²) in [5, 5.41) is 9.46. The molecule has 2 aliphatic heterocycles. The average Bonchev–Trinajstić information content (AvgIpc) is 2.49. The molecule has 0 aliphatic carbocycles. The van der Waals surface area contributed by atoms with Gasteiger partial charge in [0, 0.05) is 13.0 Å². The van der Waals surface area contributed by atoms with Crippen LogP contribution in [0.1, 0.15) is 39.0 Å². The lowest BCUT2D eigenvalue weighted by Crippen LogP contribution is -2.52. The number of rotatable bonds is 1. The lowest BCUT2D eigenvalue weighted by atomic mass is 9.91. The number of likely N-dealkylation sites (tertiary alicyclic amines) is 1. The van der Waals surface area contributed by atoms with Gasteiger partial charge in [0.25, 0.3) is 0 Å². The Morgan fingerprint density at radius 1 is 1.27 bits per heavy atom. The van der Waals surface area contributed by atoms with Crippen LogP contribution in [0, 0.1) is 11.3 Å². The second kappa shape index (κ2) is 4.51. The zero-order valence-corrected chi connectivity index (χ0v) is 9.54. The highest BCUT2D eigenvalue weighted by Crippen LogP contribution is 2.33. The van der Waals surface area contributed by atoms with Crippen LogP contribution in [-0.2, 0) is 4.74 Å². The zero-order chi connectivity index (χ0) is 10.7. The molecule has 0 bridgehead atoms. The van der Waals surface area contributed by atoms with Crippen molar-refractivity contribution >= 4 is 0 Å². The highest BCUT2D eigenvalue weighted by Gasteiger charge is 2.46. The number of hydrogen-bond donors (Lipinski definition) is 0. The summed E-state index contributed by atoms with van der Waals surface area (Å²) in [6.07, 6.45) is 6.04. The van der Waals surface area contributed by atoms with E-state index < -0.39 is 0 Å². The first-order valence-corrected chi connectivity index (χ1v) is 6.07. The van der Waals surface area contributed by atoms with Gasteiger partial charge in [0.2, 0.25) is 0 Å². The van der Waals surface area contributed by atoms with Crippen molar-refractivity contribution in [2.45, 2.75) is 50.7 Å². The molecule has 0 N–H and O–H groups in total. The number of ether oxygens (including phenoxy) is 1. The van der Waals surface area contributed by atoms with Gasteiger partial charge in [0.15, 0.2) is 0 Å². The molecule has 84 valence electrons. The highest BCUT2D eigenvalue weighted by atomic mass is 16.5. The van der Waals surface area contributed by atoms with E-state index in [0.29, 0.717) is 0 Å². The van der Waals surface area contributed by atoms with Gasteiger partial charge in [-0.25, -0.2) is 0 Å². The molecule has 0 radical (unpaired) electrons. The summed E-state index contributed by atoms with van der Waals surface area (Å²) in [5.74, 6) is 0. The molecule has 0 aromatic carbocycles. The number of nitriles is 1. The Labute approximate surface area is 92.0 Å². The molecule has 0 amide bonds. The van der Waals surface area contributed by atoms with Gasteiger partial charge in [-0.3, -0.25) is 4.90 Å². The minimum Gasteiger partial charge on any atom is -0.375 e. The normalized spacial score (nSPS) is 38.5. The van der Waals surface area contributed by atoms with Crippen molar-refractivity contribution in [3.63, 3.8) is 0 Å². The van der Waals surface area contributed by atoms with E-state index in [4.69, 9.17) is 4.74 Å². The van der Waals surface area contributed by atoms with Crippen LogP contribution in [0.2, 0.25) is 0 Å². The number of hydrogen-bond acceptors (Lipinski definition) is 3. The van der Waals surface area contributed by atoms with Gasteiger partial charge < -0.3 is 4.74 Å². The zero-order valence-electron chi connectivity index (χ0n) is 9.54. The fourth-order valence-corrected chi connectivity index (χ4v) is 2.83. The third-order valence-corrected chi connectivity index (χ3v) is 3.89. The summed E-state index contributed by atoms with van der Waals surface area (Å²) in [5.41, 5.74) is -0.329. The van der Waals surface area contributed by atoms with Crippen LogP contribution >= 0.6 is 0 Å². The molecule has 2 aliphatic rings. The first-order chi connectivity index (χ1) is 7.29. The maximum absolute atomic E-state index is 9.46. The predicted molar refractivity (Wildman–Crippen MR) is 58.4 cm³/mol. The fourth-order valence-electron chi connectivity index (χ4n) is 2.83. The molecule has 2 saturated heterocycles. The van der Waals surface area contributed by atoms with Crippen LogP contribution in [0.5, 0.6) is 0 Å². The summed E-state index contributed by atoms with van der Waals surface area (Å²) in [7, 11) is 0. The van der Waals surface area contributed by atoms with Crippen molar-refractivity contribution in [2.75, 3.05) is 19.7 Å². The Morgan fingerprint density at radius 2 is 1.93 bits per heavy atom. The quantitative estimate of drug-likeness (QED) is 0.660. The van der Waals surface area contributed by atoms with Crippen LogP contribution in [0.15, 0.2) is 0 Å². The summed E-state index contributed by atoms with van der Waals surface area (Å²) in [4.78, 5) is 2.37. The van der Waals surface area contributed by atoms with E-state index in [1.54, 1.807) is 0 Å². The molecule has 0 aromatic heterocycles. The van der Waals surface area contributed by atoms with Crippen molar-refractivity contribution in [3.8, 4) is 6.07 Å². The van der Waals surface area contributed by atoms with Gasteiger partial charge in [0.1, 0.15) is 5.54 Å². The van der Waals surface area contributed by atoms with Gasteiger partial charge in [-0.05, 0) is 32.9 Å². The molecule has 2 atom stereocenters. The maximum Gasteiger partial charge on any atom is 0.137 e. The molecule has 2 fully saturated rings. The lowest BCUT2D eigenvalue weighted by Gasteiger charge is -2.37. The average molecular weight is 208 g/mol. The second-order valence-corrected chi connectivity index (χ2v) is 4.70. The van der Waals surface area contributed by atoms with Crippen LogP contribution in [0.4, 0.5) is 0 Å². The van der Waals surface area contributed by atoms with E-state index in [9.17, 15) is 5.26 Å². The topological polar surface area (TPSA) is 36.3 Å². The van der Waals surface area contributed by atoms with Gasteiger partial charge in [-0.15, -0.1) is 0 Å². The molecular formula is C12H20N2O. The van der Waals surface area contributed by atoms with E-state index >= 15 is 0 Å². The van der Waals surface area contributed by atoms with Crippen LogP contribution in [0.3, 0.4) is 0 Å². The van der Waals surface area contributed by atoms with E-state index in [2.05, 4.69) is 11.0 Å². The van der Waals surface area contributed by atoms with E-state index in [1.807, 2.05) is 6.92 Å². The van der Waals surface area contributed by atoms with Gasteiger partial charge in [-0.2, -0.15) is 5.26 Å². The lowest BCUT2D eigenvalue weighted by molar-refractivity contribution is 0.0426. The largest absolute Gasteiger partial charge is 0.375 e. The van der Waals surface area contributed by atoms with Crippen LogP contribution in [-0.4, -0.2) is 36.2 Å². The number of nitrogens with zero attached hydrogens (tertiary/aromatic N) is 2. The maximum atomic E-state index is 9.46. The standard InChI is InChI=1S/C12H20N2O/c1-11-12(10-13,6-9-15-11)14-7-4-2-3-5-8-14/h11H,2-9H2,1H3. The minimum atomic E-state index is -0.329. The molecule has 0 saturated carbocycles. The Morgan fingerprint density at radius 3 is 2.40 bits per heavy atom. The third kappa shape index (κ3) is 1.89. The summed E-state index contributed by atoms with van der Waals surface area (Å²) >= 11 is 0. The van der Waals surface area contributed by atoms with Gasteiger partial charge >= 0.3 is 0 Å². The first-order valence-electron chi connectivity index (χ1n) is 6.07. The van der Waals surface area contributed by atoms with Gasteiger partial charge in [0.05, 0.1) is 12.2 Å². The molecule has 2 rings (SSSR count). The van der Waals surface area contributed by atoms with Crippen LogP contribution < -0.4 is 0 Å². The van der Waals surface area contributed by atoms with Crippen molar-refractivity contribution < 1.29 is 4.74 Å². The Kier molecular flexibility index (Phi) is 3.28. The summed E-state index contributed by atoms with van der Waals surface area (Å²) in [6.45, 7) is 4.93. The molecule has 2 unspecified atom stereocenters. The van der Waals surface area contributed by atoms with E-state index in [-0.39, 0.29) is 11.6 Å². The van der Waals surface area contributed by atoms with E-state index in [1.165, 1.54) is 25.7 Å². The Hall–Kier alpha value is -0.590. The predicted octanol–water partition coefficient (Wildman–Crippen LogP) is 1.93. The molecule has 0 spiro atoms. The fraction of sp³-hybridized carbons (Fsp3) is 0.917. The highest BCUT2D eigenvalue weighted by molar-refractivity contribution is 5.15.